The number of hydrogen-bond acceptors (Lipinski definition) is 2. The van der Waals surface area contributed by atoms with Gasteiger partial charge in [0.25, 0.3) is 0 Å². The first-order valence-electron chi connectivity index (χ1n) is 8.01. The molecule has 0 saturated heterocycles. The van der Waals surface area contributed by atoms with E-state index >= 15 is 0 Å². The topological polar surface area (TPSA) is 53.7 Å². The molecule has 1 N–H and O–H groups in total. The van der Waals surface area contributed by atoms with Gasteiger partial charge in [0.2, 0.25) is 0 Å². The molecule has 1 aromatic heterocycles. The standard InChI is InChI=1S/C20H20ClNO3/c1-12-9-10-16-14(11-12)17(21)18(25-16)13-7-5-6-8-15(13)22(19(23)24)20(2,3)4/h5-11H,1-4H3,(H,23,24). The normalized spacial score (nSPS) is 11.7. The van der Waals surface area contributed by atoms with E-state index in [1.54, 1.807) is 12.1 Å². The smallest absolute Gasteiger partial charge is 0.412 e. The van der Waals surface area contributed by atoms with Crippen LogP contribution in [0, 0.1) is 6.92 Å². The van der Waals surface area contributed by atoms with E-state index in [0.717, 1.165) is 10.9 Å². The SMILES string of the molecule is Cc1ccc2oc(-c3ccccc3N(C(=O)O)C(C)(C)C)c(Cl)c2c1. The van der Waals surface area contributed by atoms with Crippen LogP contribution in [0.15, 0.2) is 46.9 Å². The molecule has 130 valence electrons. The fraction of sp³-hybridized carbons (Fsp3) is 0.250. The Morgan fingerprint density at radius 3 is 2.48 bits per heavy atom. The van der Waals surface area contributed by atoms with Crippen LogP contribution in [0.5, 0.6) is 0 Å². The molecular formula is C20H20ClNO3. The molecule has 0 aliphatic rings. The zero-order valence-corrected chi connectivity index (χ0v) is 15.4. The number of fused-ring (bicyclic) bond motifs is 1. The maximum absolute atomic E-state index is 11.9. The van der Waals surface area contributed by atoms with Crippen LogP contribution in [-0.4, -0.2) is 16.7 Å². The van der Waals surface area contributed by atoms with Gasteiger partial charge < -0.3 is 9.52 Å². The van der Waals surface area contributed by atoms with Gasteiger partial charge in [-0.2, -0.15) is 0 Å². The van der Waals surface area contributed by atoms with E-state index in [9.17, 15) is 9.90 Å². The average molecular weight is 358 g/mol. The van der Waals surface area contributed by atoms with Crippen molar-refractivity contribution in [3.63, 3.8) is 0 Å². The van der Waals surface area contributed by atoms with E-state index in [4.69, 9.17) is 16.0 Å². The fourth-order valence-electron chi connectivity index (χ4n) is 2.97. The van der Waals surface area contributed by atoms with Crippen molar-refractivity contribution in [2.45, 2.75) is 33.2 Å². The lowest BCUT2D eigenvalue weighted by atomic mass is 10.0. The number of amides is 1. The van der Waals surface area contributed by atoms with Crippen LogP contribution in [0.2, 0.25) is 5.02 Å². The Balaban J connectivity index is 2.26. The average Bonchev–Trinajstić information content (AvgIpc) is 2.83. The number of benzene rings is 2. The van der Waals surface area contributed by atoms with Crippen molar-refractivity contribution in [3.05, 3.63) is 53.1 Å². The van der Waals surface area contributed by atoms with Crippen molar-refractivity contribution in [3.8, 4) is 11.3 Å². The lowest BCUT2D eigenvalue weighted by Gasteiger charge is -2.34. The van der Waals surface area contributed by atoms with E-state index in [1.807, 2.05) is 58.0 Å². The summed E-state index contributed by atoms with van der Waals surface area (Å²) in [4.78, 5) is 13.2. The molecule has 0 bridgehead atoms. The molecule has 4 nitrogen and oxygen atoms in total. The number of halogens is 1. The van der Waals surface area contributed by atoms with Crippen molar-refractivity contribution in [1.29, 1.82) is 0 Å². The summed E-state index contributed by atoms with van der Waals surface area (Å²) in [7, 11) is 0. The molecule has 5 heteroatoms. The van der Waals surface area contributed by atoms with Crippen molar-refractivity contribution >= 4 is 34.4 Å². The highest BCUT2D eigenvalue weighted by Crippen LogP contribution is 2.42. The van der Waals surface area contributed by atoms with Crippen LogP contribution in [0.25, 0.3) is 22.3 Å². The molecule has 0 aliphatic heterocycles. The second-order valence-corrected chi connectivity index (χ2v) is 7.43. The van der Waals surface area contributed by atoms with Gasteiger partial charge >= 0.3 is 6.09 Å². The number of carboxylic acid groups (broad SMARTS) is 1. The second-order valence-electron chi connectivity index (χ2n) is 7.05. The Morgan fingerprint density at radius 1 is 1.16 bits per heavy atom. The molecule has 0 saturated carbocycles. The molecule has 0 aliphatic carbocycles. The van der Waals surface area contributed by atoms with E-state index < -0.39 is 11.6 Å². The predicted octanol–water partition coefficient (Wildman–Crippen LogP) is 6.34. The molecule has 0 atom stereocenters. The molecule has 0 radical (unpaired) electrons. The van der Waals surface area contributed by atoms with Gasteiger partial charge in [0.05, 0.1) is 10.7 Å². The highest BCUT2D eigenvalue weighted by molar-refractivity contribution is 6.38. The van der Waals surface area contributed by atoms with Crippen LogP contribution >= 0.6 is 11.6 Å². The first kappa shape index (κ1) is 17.4. The summed E-state index contributed by atoms with van der Waals surface area (Å²) in [6.45, 7) is 7.53. The van der Waals surface area contributed by atoms with E-state index in [0.29, 0.717) is 27.6 Å². The highest BCUT2D eigenvalue weighted by atomic mass is 35.5. The Hall–Kier alpha value is -2.46. The lowest BCUT2D eigenvalue weighted by molar-refractivity contribution is 0.195. The van der Waals surface area contributed by atoms with Crippen molar-refractivity contribution in [2.24, 2.45) is 0 Å². The quantitative estimate of drug-likeness (QED) is 0.581. The van der Waals surface area contributed by atoms with Gasteiger partial charge in [-0.25, -0.2) is 4.79 Å². The van der Waals surface area contributed by atoms with Gasteiger partial charge in [-0.05, 0) is 52.0 Å². The largest absolute Gasteiger partial charge is 0.465 e. The van der Waals surface area contributed by atoms with E-state index in [-0.39, 0.29) is 0 Å². The number of hydrogen-bond donors (Lipinski definition) is 1. The summed E-state index contributed by atoms with van der Waals surface area (Å²) < 4.78 is 5.97. The second kappa shape index (κ2) is 6.12. The van der Waals surface area contributed by atoms with E-state index in [1.165, 1.54) is 4.90 Å². The van der Waals surface area contributed by atoms with Gasteiger partial charge in [0.15, 0.2) is 5.76 Å². The molecule has 1 amide bonds. The third-order valence-electron chi connectivity index (χ3n) is 4.03. The third kappa shape index (κ3) is 3.10. The maximum Gasteiger partial charge on any atom is 0.412 e. The summed E-state index contributed by atoms with van der Waals surface area (Å²) in [6.07, 6.45) is -1.02. The number of anilines is 1. The van der Waals surface area contributed by atoms with Gasteiger partial charge in [0, 0.05) is 16.5 Å². The van der Waals surface area contributed by atoms with Crippen molar-refractivity contribution in [1.82, 2.24) is 0 Å². The molecule has 0 fully saturated rings. The van der Waals surface area contributed by atoms with Gasteiger partial charge in [0.1, 0.15) is 5.58 Å². The summed E-state index contributed by atoms with van der Waals surface area (Å²) in [5.41, 5.74) is 2.34. The molecule has 1 heterocycles. The minimum Gasteiger partial charge on any atom is -0.465 e. The van der Waals surface area contributed by atoms with Crippen LogP contribution < -0.4 is 4.90 Å². The van der Waals surface area contributed by atoms with Crippen LogP contribution in [0.3, 0.4) is 0 Å². The first-order chi connectivity index (χ1) is 11.7. The number of aryl methyl sites for hydroxylation is 1. The van der Waals surface area contributed by atoms with Crippen LogP contribution in [-0.2, 0) is 0 Å². The molecular weight excluding hydrogens is 338 g/mol. The third-order valence-corrected chi connectivity index (χ3v) is 4.41. The summed E-state index contributed by atoms with van der Waals surface area (Å²) in [6, 6.07) is 13.0. The number of carbonyl (C=O) groups is 1. The predicted molar refractivity (Wildman–Crippen MR) is 102 cm³/mol. The fourth-order valence-corrected chi connectivity index (χ4v) is 3.25. The highest BCUT2D eigenvalue weighted by Gasteiger charge is 2.31. The zero-order chi connectivity index (χ0) is 18.4. The van der Waals surface area contributed by atoms with Gasteiger partial charge in [-0.3, -0.25) is 4.90 Å². The summed E-state index contributed by atoms with van der Waals surface area (Å²) in [5, 5.41) is 11.1. The lowest BCUT2D eigenvalue weighted by Crippen LogP contribution is -2.45. The zero-order valence-electron chi connectivity index (χ0n) is 14.6. The van der Waals surface area contributed by atoms with Crippen molar-refractivity contribution in [2.75, 3.05) is 4.90 Å². The van der Waals surface area contributed by atoms with E-state index in [2.05, 4.69) is 0 Å². The monoisotopic (exact) mass is 357 g/mol. The number of nitrogens with zero attached hydrogens (tertiary/aromatic N) is 1. The Bertz CT molecular complexity index is 953. The number of rotatable bonds is 2. The van der Waals surface area contributed by atoms with Crippen molar-refractivity contribution < 1.29 is 14.3 Å². The summed E-state index contributed by atoms with van der Waals surface area (Å²) >= 11 is 6.57. The first-order valence-corrected chi connectivity index (χ1v) is 8.39. The summed E-state index contributed by atoms with van der Waals surface area (Å²) in [5.74, 6) is 0.480. The maximum atomic E-state index is 11.9. The molecule has 2 aromatic carbocycles. The van der Waals surface area contributed by atoms with Gasteiger partial charge in [-0.15, -0.1) is 0 Å². The molecule has 3 rings (SSSR count). The number of para-hydroxylation sites is 1. The van der Waals surface area contributed by atoms with Crippen LogP contribution in [0.4, 0.5) is 10.5 Å². The Morgan fingerprint density at radius 2 is 1.84 bits per heavy atom. The van der Waals surface area contributed by atoms with Crippen LogP contribution in [0.1, 0.15) is 26.3 Å². The van der Waals surface area contributed by atoms with Gasteiger partial charge in [-0.1, -0.05) is 35.4 Å². The minimum atomic E-state index is -1.02. The Labute approximate surface area is 151 Å². The number of furan rings is 1. The molecule has 0 spiro atoms. The minimum absolute atomic E-state index is 0.480. The molecule has 3 aromatic rings. The molecule has 25 heavy (non-hydrogen) atoms. The molecule has 0 unspecified atom stereocenters. The Kier molecular flexibility index (Phi) is 4.25.